The van der Waals surface area contributed by atoms with Crippen LogP contribution >= 0.6 is 24.0 Å². The molecule has 2 rings (SSSR count). The number of nitrogens with one attached hydrogen (secondary N) is 2. The Labute approximate surface area is 181 Å². The molecule has 0 atom stereocenters. The number of aryl methyl sites for hydroxylation is 1. The van der Waals surface area contributed by atoms with Crippen LogP contribution in [0.1, 0.15) is 44.1 Å². The molecule has 0 spiro atoms. The van der Waals surface area contributed by atoms with Crippen LogP contribution in [0.15, 0.2) is 29.3 Å². The number of benzene rings is 1. The van der Waals surface area contributed by atoms with Crippen LogP contribution in [0.4, 0.5) is 0 Å². The second-order valence-electron chi connectivity index (χ2n) is 7.25. The zero-order chi connectivity index (χ0) is 18.7. The molecule has 0 heterocycles. The average Bonchev–Trinajstić information content (AvgIpc) is 2.65. The third kappa shape index (κ3) is 8.25. The molecular formula is C21H36IN3O2. The molecule has 154 valence electrons. The summed E-state index contributed by atoms with van der Waals surface area (Å²) in [6, 6.07) is 8.34. The first kappa shape index (κ1) is 24.0. The number of aliphatic imine (C=N–C) groups is 1. The monoisotopic (exact) mass is 489 g/mol. The maximum Gasteiger partial charge on any atom is 0.190 e. The van der Waals surface area contributed by atoms with Crippen molar-refractivity contribution in [1.29, 1.82) is 0 Å². The molecular weight excluding hydrogens is 453 g/mol. The number of hydrogen-bond donors (Lipinski definition) is 2. The summed E-state index contributed by atoms with van der Waals surface area (Å²) >= 11 is 0. The van der Waals surface area contributed by atoms with Crippen molar-refractivity contribution in [1.82, 2.24) is 10.6 Å². The Morgan fingerprint density at radius 2 is 1.85 bits per heavy atom. The van der Waals surface area contributed by atoms with Crippen molar-refractivity contribution in [2.45, 2.75) is 44.9 Å². The highest BCUT2D eigenvalue weighted by molar-refractivity contribution is 14.0. The van der Waals surface area contributed by atoms with E-state index in [-0.39, 0.29) is 24.0 Å². The fourth-order valence-corrected chi connectivity index (χ4v) is 3.46. The Hall–Kier alpha value is -1.02. The highest BCUT2D eigenvalue weighted by atomic mass is 127. The van der Waals surface area contributed by atoms with Crippen LogP contribution in [0.25, 0.3) is 0 Å². The van der Waals surface area contributed by atoms with Gasteiger partial charge in [0.15, 0.2) is 5.96 Å². The fourth-order valence-electron chi connectivity index (χ4n) is 3.46. The Kier molecular flexibility index (Phi) is 11.7. The molecule has 0 saturated heterocycles. The second kappa shape index (κ2) is 13.2. The fraction of sp³-hybridized carbons (Fsp3) is 0.667. The Bertz CT molecular complexity index is 545. The predicted octanol–water partition coefficient (Wildman–Crippen LogP) is 4.01. The highest BCUT2D eigenvalue weighted by Crippen LogP contribution is 2.43. The summed E-state index contributed by atoms with van der Waals surface area (Å²) in [6.07, 6.45) is 8.44. The summed E-state index contributed by atoms with van der Waals surface area (Å²) in [4.78, 5) is 4.35. The quantitative estimate of drug-likeness (QED) is 0.214. The van der Waals surface area contributed by atoms with Crippen LogP contribution in [0.3, 0.4) is 0 Å². The van der Waals surface area contributed by atoms with Crippen molar-refractivity contribution >= 4 is 29.9 Å². The summed E-state index contributed by atoms with van der Waals surface area (Å²) < 4.78 is 10.5. The van der Waals surface area contributed by atoms with Gasteiger partial charge in [-0.3, -0.25) is 4.99 Å². The van der Waals surface area contributed by atoms with E-state index in [0.717, 1.165) is 57.1 Å². The lowest BCUT2D eigenvalue weighted by molar-refractivity contribution is 0.0732. The molecule has 1 aliphatic carbocycles. The first-order valence-corrected chi connectivity index (χ1v) is 9.78. The molecule has 5 nitrogen and oxygen atoms in total. The lowest BCUT2D eigenvalue weighted by Gasteiger charge is -2.42. The van der Waals surface area contributed by atoms with Gasteiger partial charge in [0.2, 0.25) is 0 Å². The summed E-state index contributed by atoms with van der Waals surface area (Å²) in [5.41, 5.74) is 1.76. The van der Waals surface area contributed by atoms with Crippen LogP contribution in [0.2, 0.25) is 0 Å². The standard InChI is InChI=1S/C21H35N3O2.HI/c1-22-20(24-17-21(12-6-13-21)14-16-25-2)23-15-5-4-7-18-8-10-19(26-3)11-9-18;/h8-11H,4-7,12-17H2,1-3H3,(H2,22,23,24);1H. The molecule has 2 N–H and O–H groups in total. The van der Waals surface area contributed by atoms with Crippen molar-refractivity contribution in [3.05, 3.63) is 29.8 Å². The van der Waals surface area contributed by atoms with E-state index in [4.69, 9.17) is 9.47 Å². The lowest BCUT2D eigenvalue weighted by atomic mass is 9.67. The number of rotatable bonds is 11. The first-order chi connectivity index (χ1) is 12.7. The van der Waals surface area contributed by atoms with Crippen LogP contribution in [0, 0.1) is 5.41 Å². The molecule has 0 bridgehead atoms. The number of guanidine groups is 1. The van der Waals surface area contributed by atoms with Crippen molar-refractivity contribution in [3.63, 3.8) is 0 Å². The van der Waals surface area contributed by atoms with E-state index in [2.05, 4.69) is 27.8 Å². The molecule has 1 aromatic carbocycles. The minimum atomic E-state index is 0. The van der Waals surface area contributed by atoms with Crippen LogP contribution in [0.5, 0.6) is 5.75 Å². The minimum absolute atomic E-state index is 0. The van der Waals surface area contributed by atoms with Gasteiger partial charge in [-0.2, -0.15) is 0 Å². The van der Waals surface area contributed by atoms with Gasteiger partial charge in [0.1, 0.15) is 5.75 Å². The number of hydrogen-bond acceptors (Lipinski definition) is 3. The van der Waals surface area contributed by atoms with Crippen LogP contribution < -0.4 is 15.4 Å². The zero-order valence-corrected chi connectivity index (χ0v) is 19.4. The molecule has 1 aromatic rings. The third-order valence-corrected chi connectivity index (χ3v) is 5.45. The minimum Gasteiger partial charge on any atom is -0.497 e. The summed E-state index contributed by atoms with van der Waals surface area (Å²) in [5.74, 6) is 1.83. The SMILES string of the molecule is CN=C(NCCCCc1ccc(OC)cc1)NCC1(CCOC)CCC1.I. The molecule has 0 aliphatic heterocycles. The zero-order valence-electron chi connectivity index (χ0n) is 17.1. The van der Waals surface area contributed by atoms with Crippen molar-refractivity contribution < 1.29 is 9.47 Å². The van der Waals surface area contributed by atoms with Gasteiger partial charge >= 0.3 is 0 Å². The van der Waals surface area contributed by atoms with Crippen molar-refractivity contribution in [3.8, 4) is 5.75 Å². The maximum atomic E-state index is 5.27. The second-order valence-corrected chi connectivity index (χ2v) is 7.25. The Morgan fingerprint density at radius 1 is 1.11 bits per heavy atom. The summed E-state index contributed by atoms with van der Waals surface area (Å²) in [7, 11) is 5.33. The van der Waals surface area contributed by atoms with Gasteiger partial charge in [0.25, 0.3) is 0 Å². The van der Waals surface area contributed by atoms with Gasteiger partial charge in [-0.25, -0.2) is 0 Å². The molecule has 0 unspecified atom stereocenters. The lowest BCUT2D eigenvalue weighted by Crippen LogP contribution is -2.47. The van der Waals surface area contributed by atoms with Gasteiger partial charge in [0.05, 0.1) is 7.11 Å². The third-order valence-electron chi connectivity index (χ3n) is 5.45. The Balaban J connectivity index is 0.00000364. The maximum absolute atomic E-state index is 5.27. The predicted molar refractivity (Wildman–Crippen MR) is 123 cm³/mol. The van der Waals surface area contributed by atoms with E-state index in [1.807, 2.05) is 19.2 Å². The van der Waals surface area contributed by atoms with Gasteiger partial charge < -0.3 is 20.1 Å². The van der Waals surface area contributed by atoms with Gasteiger partial charge in [0, 0.05) is 33.9 Å². The van der Waals surface area contributed by atoms with E-state index in [9.17, 15) is 0 Å². The van der Waals surface area contributed by atoms with Crippen LogP contribution in [-0.4, -0.2) is 46.9 Å². The van der Waals surface area contributed by atoms with Gasteiger partial charge in [-0.05, 0) is 61.6 Å². The summed E-state index contributed by atoms with van der Waals surface area (Å²) in [6.45, 7) is 2.78. The highest BCUT2D eigenvalue weighted by Gasteiger charge is 2.36. The molecule has 1 saturated carbocycles. The molecule has 6 heteroatoms. The van der Waals surface area contributed by atoms with Gasteiger partial charge in [-0.15, -0.1) is 24.0 Å². The topological polar surface area (TPSA) is 54.9 Å². The van der Waals surface area contributed by atoms with Crippen molar-refractivity contribution in [2.75, 3.05) is 41.0 Å². The number of nitrogens with zero attached hydrogens (tertiary/aromatic N) is 1. The molecule has 27 heavy (non-hydrogen) atoms. The van der Waals surface area contributed by atoms with E-state index < -0.39 is 0 Å². The van der Waals surface area contributed by atoms with E-state index in [1.54, 1.807) is 14.2 Å². The normalized spacial score (nSPS) is 15.4. The summed E-state index contributed by atoms with van der Waals surface area (Å²) in [5, 5.41) is 6.95. The number of unbranched alkanes of at least 4 members (excludes halogenated alkanes) is 1. The molecule has 1 aliphatic rings. The average molecular weight is 489 g/mol. The van der Waals surface area contributed by atoms with E-state index in [1.165, 1.54) is 24.8 Å². The first-order valence-electron chi connectivity index (χ1n) is 9.78. The Morgan fingerprint density at radius 3 is 2.41 bits per heavy atom. The van der Waals surface area contributed by atoms with Crippen molar-refractivity contribution in [2.24, 2.45) is 10.4 Å². The largest absolute Gasteiger partial charge is 0.497 e. The molecule has 0 aromatic heterocycles. The number of methoxy groups -OCH3 is 2. The van der Waals surface area contributed by atoms with Gasteiger partial charge in [-0.1, -0.05) is 18.6 Å². The molecule has 1 fully saturated rings. The van der Waals surface area contributed by atoms with Crippen LogP contribution in [-0.2, 0) is 11.2 Å². The number of halogens is 1. The smallest absolute Gasteiger partial charge is 0.190 e. The molecule has 0 amide bonds. The number of ether oxygens (including phenoxy) is 2. The van der Waals surface area contributed by atoms with E-state index in [0.29, 0.717) is 5.41 Å². The van der Waals surface area contributed by atoms with E-state index >= 15 is 0 Å². The molecule has 0 radical (unpaired) electrons.